The molecule has 0 spiro atoms. The van der Waals surface area contributed by atoms with Crippen molar-refractivity contribution in [1.29, 1.82) is 0 Å². The number of allylic oxidation sites excluding steroid dienone is 3. The molecule has 1 N–H and O–H groups in total. The molecule has 1 unspecified atom stereocenters. The van der Waals surface area contributed by atoms with Crippen LogP contribution in [0.5, 0.6) is 5.75 Å². The summed E-state index contributed by atoms with van der Waals surface area (Å²) in [4.78, 5) is 13.6. The van der Waals surface area contributed by atoms with Gasteiger partial charge in [-0.1, -0.05) is 60.2 Å². The van der Waals surface area contributed by atoms with E-state index in [1.165, 1.54) is 23.3 Å². The third-order valence-corrected chi connectivity index (χ3v) is 6.37. The first kappa shape index (κ1) is 21.7. The topological polar surface area (TPSA) is 49.8 Å². The number of carboxylic acid groups (broad SMARTS) is 1. The van der Waals surface area contributed by atoms with Crippen LogP contribution in [0, 0.1) is 0 Å². The molecule has 0 saturated carbocycles. The highest BCUT2D eigenvalue weighted by Gasteiger charge is 2.25. The number of hydrogen-bond donors (Lipinski definition) is 1. The summed E-state index contributed by atoms with van der Waals surface area (Å²) in [5, 5.41) is 9.44. The molecule has 1 heterocycles. The minimum absolute atomic E-state index is 0.0911. The van der Waals surface area contributed by atoms with E-state index >= 15 is 0 Å². The summed E-state index contributed by atoms with van der Waals surface area (Å²) in [7, 11) is 0. The molecule has 2 aliphatic rings. The maximum atomic E-state index is 11.1. The van der Waals surface area contributed by atoms with Crippen molar-refractivity contribution in [1.82, 2.24) is 4.90 Å². The second kappa shape index (κ2) is 10.2. The van der Waals surface area contributed by atoms with Crippen LogP contribution in [-0.2, 0) is 0 Å². The maximum Gasteiger partial charge on any atom is 0.335 e. The zero-order valence-corrected chi connectivity index (χ0v) is 18.3. The molecule has 4 nitrogen and oxygen atoms in total. The fourth-order valence-electron chi connectivity index (χ4n) is 4.36. The number of carbonyl (C=O) groups is 1. The number of rotatable bonds is 7. The largest absolute Gasteiger partial charge is 0.489 e. The van der Waals surface area contributed by atoms with Gasteiger partial charge in [-0.2, -0.15) is 0 Å². The number of carboxylic acids is 1. The van der Waals surface area contributed by atoms with E-state index in [-0.39, 0.29) is 11.7 Å². The van der Waals surface area contributed by atoms with E-state index in [1.54, 1.807) is 6.07 Å². The van der Waals surface area contributed by atoms with Crippen molar-refractivity contribution in [3.8, 4) is 5.75 Å². The smallest absolute Gasteiger partial charge is 0.335 e. The summed E-state index contributed by atoms with van der Waals surface area (Å²) >= 11 is 6.23. The zero-order chi connectivity index (χ0) is 21.6. The Balaban J connectivity index is 1.37. The summed E-state index contributed by atoms with van der Waals surface area (Å²) in [6.07, 6.45) is 11.1. The van der Waals surface area contributed by atoms with Gasteiger partial charge in [0.15, 0.2) is 0 Å². The Kier molecular flexibility index (Phi) is 7.10. The van der Waals surface area contributed by atoms with Gasteiger partial charge in [0.25, 0.3) is 0 Å². The number of ether oxygens (including phenoxy) is 1. The molecule has 1 atom stereocenters. The molecule has 162 valence electrons. The molecular formula is C26H28ClNO3. The Morgan fingerprint density at radius 3 is 2.55 bits per heavy atom. The lowest BCUT2D eigenvalue weighted by molar-refractivity contribution is 0.0696. The fourth-order valence-corrected chi connectivity index (χ4v) is 4.58. The highest BCUT2D eigenvalue weighted by molar-refractivity contribution is 6.32. The van der Waals surface area contributed by atoms with E-state index in [1.807, 2.05) is 0 Å². The summed E-state index contributed by atoms with van der Waals surface area (Å²) < 4.78 is 6.10. The van der Waals surface area contributed by atoms with Crippen molar-refractivity contribution < 1.29 is 14.6 Å². The monoisotopic (exact) mass is 437 g/mol. The number of likely N-dealkylation sites (tertiary alicyclic amines) is 1. The van der Waals surface area contributed by atoms with E-state index in [0.717, 1.165) is 45.3 Å². The third-order valence-electron chi connectivity index (χ3n) is 6.08. The maximum absolute atomic E-state index is 11.1. The second-order valence-corrected chi connectivity index (χ2v) is 8.62. The lowest BCUT2D eigenvalue weighted by Gasteiger charge is -2.35. The van der Waals surface area contributed by atoms with Crippen molar-refractivity contribution in [3.05, 3.63) is 88.5 Å². The quantitative estimate of drug-likeness (QED) is 0.582. The molecule has 2 aromatic rings. The van der Waals surface area contributed by atoms with Gasteiger partial charge in [-0.05, 0) is 55.0 Å². The molecule has 0 bridgehead atoms. The molecule has 31 heavy (non-hydrogen) atoms. The molecule has 4 rings (SSSR count). The highest BCUT2D eigenvalue weighted by Crippen LogP contribution is 2.32. The van der Waals surface area contributed by atoms with Gasteiger partial charge < -0.3 is 14.7 Å². The molecule has 1 fully saturated rings. The minimum atomic E-state index is -0.988. The van der Waals surface area contributed by atoms with Crippen LogP contribution in [-0.4, -0.2) is 41.7 Å². The fraction of sp³-hybridized carbons (Fsp3) is 0.346. The SMILES string of the molecule is O=C(O)c1ccc(OC2CCN(CC(C3=CCCC=C3)c3ccccc3)CC2)c(Cl)c1. The van der Waals surface area contributed by atoms with Crippen LogP contribution >= 0.6 is 11.6 Å². The average molecular weight is 438 g/mol. The van der Waals surface area contributed by atoms with Crippen molar-refractivity contribution in [2.75, 3.05) is 19.6 Å². The molecule has 0 aromatic heterocycles. The van der Waals surface area contributed by atoms with Crippen molar-refractivity contribution >= 4 is 17.6 Å². The third kappa shape index (κ3) is 5.57. The van der Waals surface area contributed by atoms with Crippen LogP contribution < -0.4 is 4.74 Å². The van der Waals surface area contributed by atoms with E-state index < -0.39 is 5.97 Å². The van der Waals surface area contributed by atoms with Crippen LogP contribution in [0.2, 0.25) is 5.02 Å². The van der Waals surface area contributed by atoms with Crippen LogP contribution in [0.15, 0.2) is 72.3 Å². The van der Waals surface area contributed by atoms with Gasteiger partial charge >= 0.3 is 5.97 Å². The Morgan fingerprint density at radius 1 is 1.13 bits per heavy atom. The summed E-state index contributed by atoms with van der Waals surface area (Å²) in [6, 6.07) is 15.4. The standard InChI is InChI=1S/C26H28ClNO3/c27-24-17-21(26(29)30)11-12-25(24)31-22-13-15-28(16-14-22)18-23(19-7-3-1-4-8-19)20-9-5-2-6-10-20/h1,3-5,7-12,17,22-23H,2,6,13-16,18H2,(H,29,30). The molecule has 1 aliphatic heterocycles. The van der Waals surface area contributed by atoms with Gasteiger partial charge in [0.05, 0.1) is 10.6 Å². The van der Waals surface area contributed by atoms with Gasteiger partial charge in [0.1, 0.15) is 11.9 Å². The lowest BCUT2D eigenvalue weighted by Crippen LogP contribution is -2.40. The van der Waals surface area contributed by atoms with Crippen LogP contribution in [0.3, 0.4) is 0 Å². The average Bonchev–Trinajstić information content (AvgIpc) is 2.81. The second-order valence-electron chi connectivity index (χ2n) is 8.22. The molecule has 1 aliphatic carbocycles. The first-order valence-electron chi connectivity index (χ1n) is 10.9. The molecule has 5 heteroatoms. The van der Waals surface area contributed by atoms with Gasteiger partial charge in [-0.25, -0.2) is 4.79 Å². The summed E-state index contributed by atoms with van der Waals surface area (Å²) in [6.45, 7) is 2.94. The highest BCUT2D eigenvalue weighted by atomic mass is 35.5. The van der Waals surface area contributed by atoms with Gasteiger partial charge in [-0.3, -0.25) is 0 Å². The van der Waals surface area contributed by atoms with Crippen molar-refractivity contribution in [3.63, 3.8) is 0 Å². The summed E-state index contributed by atoms with van der Waals surface area (Å²) in [5.74, 6) is -0.0457. The predicted octanol–water partition coefficient (Wildman–Crippen LogP) is 5.94. The van der Waals surface area contributed by atoms with Gasteiger partial charge in [0.2, 0.25) is 0 Å². The number of hydrogen-bond acceptors (Lipinski definition) is 3. The van der Waals surface area contributed by atoms with Crippen molar-refractivity contribution in [2.45, 2.75) is 37.7 Å². The number of nitrogens with zero attached hydrogens (tertiary/aromatic N) is 1. The Hall–Kier alpha value is -2.56. The molecule has 0 amide bonds. The van der Waals surface area contributed by atoms with E-state index in [0.29, 0.717) is 16.7 Å². The lowest BCUT2D eigenvalue weighted by atomic mass is 9.87. The minimum Gasteiger partial charge on any atom is -0.489 e. The van der Waals surface area contributed by atoms with Gasteiger partial charge in [-0.15, -0.1) is 0 Å². The predicted molar refractivity (Wildman–Crippen MR) is 124 cm³/mol. The normalized spacial score (nSPS) is 18.4. The van der Waals surface area contributed by atoms with Gasteiger partial charge in [0, 0.05) is 25.6 Å². The Bertz CT molecular complexity index is 962. The van der Waals surface area contributed by atoms with Crippen LogP contribution in [0.4, 0.5) is 0 Å². The molecule has 0 radical (unpaired) electrons. The molecule has 2 aromatic carbocycles. The van der Waals surface area contributed by atoms with Crippen LogP contribution in [0.1, 0.15) is 47.5 Å². The zero-order valence-electron chi connectivity index (χ0n) is 17.5. The summed E-state index contributed by atoms with van der Waals surface area (Å²) in [5.41, 5.74) is 2.95. The van der Waals surface area contributed by atoms with Crippen LogP contribution in [0.25, 0.3) is 0 Å². The van der Waals surface area contributed by atoms with E-state index in [4.69, 9.17) is 21.4 Å². The Morgan fingerprint density at radius 2 is 1.90 bits per heavy atom. The number of aromatic carboxylic acids is 1. The first-order chi connectivity index (χ1) is 15.1. The molecule has 1 saturated heterocycles. The number of halogens is 1. The number of benzene rings is 2. The first-order valence-corrected chi connectivity index (χ1v) is 11.3. The van der Waals surface area contributed by atoms with E-state index in [9.17, 15) is 4.79 Å². The van der Waals surface area contributed by atoms with Crippen molar-refractivity contribution in [2.24, 2.45) is 0 Å². The number of piperidine rings is 1. The van der Waals surface area contributed by atoms with E-state index in [2.05, 4.69) is 53.5 Å². The molecular weight excluding hydrogens is 410 g/mol. The Labute approximate surface area is 188 Å².